The van der Waals surface area contributed by atoms with E-state index >= 15 is 0 Å². The summed E-state index contributed by atoms with van der Waals surface area (Å²) in [5.41, 5.74) is 7.15. The van der Waals surface area contributed by atoms with Gasteiger partial charge in [-0.2, -0.15) is 0 Å². The molecule has 9 heavy (non-hydrogen) atoms. The van der Waals surface area contributed by atoms with Crippen molar-refractivity contribution >= 4 is 6.21 Å². The summed E-state index contributed by atoms with van der Waals surface area (Å²) < 4.78 is 0. The maximum Gasteiger partial charge on any atom is 0.0552 e. The third-order valence-corrected chi connectivity index (χ3v) is 1.04. The minimum absolute atomic E-state index is 0.791. The van der Waals surface area contributed by atoms with Crippen LogP contribution in [0.1, 0.15) is 27.2 Å². The molecular formula is C7H14N2. The van der Waals surface area contributed by atoms with Gasteiger partial charge in [0.2, 0.25) is 0 Å². The van der Waals surface area contributed by atoms with E-state index in [0.717, 1.165) is 17.8 Å². The standard InChI is InChI=1S/C7H14N2/c1-4-5-9-7(3)6(2)8/h5H,4,8H2,1-3H3/b7-6-,9-5?. The monoisotopic (exact) mass is 126 g/mol. The summed E-state index contributed by atoms with van der Waals surface area (Å²) in [7, 11) is 0. The van der Waals surface area contributed by atoms with Crippen molar-refractivity contribution < 1.29 is 0 Å². The van der Waals surface area contributed by atoms with Crippen LogP contribution in [0.25, 0.3) is 0 Å². The first-order valence-corrected chi connectivity index (χ1v) is 3.14. The first-order valence-electron chi connectivity index (χ1n) is 3.14. The Morgan fingerprint density at radius 3 is 2.44 bits per heavy atom. The molecular weight excluding hydrogens is 112 g/mol. The van der Waals surface area contributed by atoms with Crippen molar-refractivity contribution in [2.75, 3.05) is 0 Å². The maximum atomic E-state index is 5.44. The fraction of sp³-hybridized carbons (Fsp3) is 0.571. The summed E-state index contributed by atoms with van der Waals surface area (Å²) in [6.45, 7) is 5.80. The summed E-state index contributed by atoms with van der Waals surface area (Å²) in [6, 6.07) is 0. The van der Waals surface area contributed by atoms with Crippen molar-refractivity contribution in [1.82, 2.24) is 0 Å². The van der Waals surface area contributed by atoms with Gasteiger partial charge in [0.25, 0.3) is 0 Å². The third kappa shape index (κ3) is 3.76. The molecule has 0 aromatic heterocycles. The topological polar surface area (TPSA) is 38.4 Å². The van der Waals surface area contributed by atoms with Crippen LogP contribution in [0.4, 0.5) is 0 Å². The van der Waals surface area contributed by atoms with Crippen LogP contribution in [0.3, 0.4) is 0 Å². The van der Waals surface area contributed by atoms with Crippen molar-refractivity contribution in [2.45, 2.75) is 27.2 Å². The average molecular weight is 126 g/mol. The van der Waals surface area contributed by atoms with E-state index in [1.165, 1.54) is 0 Å². The SMILES string of the molecule is CCC=N/C(C)=C(/C)N. The van der Waals surface area contributed by atoms with Crippen LogP contribution in [-0.4, -0.2) is 6.21 Å². The van der Waals surface area contributed by atoms with Crippen LogP contribution >= 0.6 is 0 Å². The summed E-state index contributed by atoms with van der Waals surface area (Å²) in [4.78, 5) is 4.07. The van der Waals surface area contributed by atoms with E-state index in [1.54, 1.807) is 0 Å². The molecule has 0 aromatic rings. The van der Waals surface area contributed by atoms with Gasteiger partial charge in [-0.25, -0.2) is 0 Å². The fourth-order valence-electron chi connectivity index (χ4n) is 0.330. The van der Waals surface area contributed by atoms with Gasteiger partial charge in [0.05, 0.1) is 5.70 Å². The molecule has 0 saturated heterocycles. The van der Waals surface area contributed by atoms with Crippen LogP contribution in [-0.2, 0) is 0 Å². The Labute approximate surface area is 56.5 Å². The van der Waals surface area contributed by atoms with Crippen LogP contribution in [0.5, 0.6) is 0 Å². The molecule has 0 radical (unpaired) electrons. The van der Waals surface area contributed by atoms with Gasteiger partial charge in [-0.1, -0.05) is 6.92 Å². The normalized spacial score (nSPS) is 14.1. The molecule has 52 valence electrons. The largest absolute Gasteiger partial charge is 0.401 e. The molecule has 2 nitrogen and oxygen atoms in total. The Bertz CT molecular complexity index is 130. The molecule has 0 unspecified atom stereocenters. The van der Waals surface area contributed by atoms with Crippen molar-refractivity contribution in [1.29, 1.82) is 0 Å². The van der Waals surface area contributed by atoms with Crippen molar-refractivity contribution in [3.05, 3.63) is 11.4 Å². The fourth-order valence-corrected chi connectivity index (χ4v) is 0.330. The van der Waals surface area contributed by atoms with Gasteiger partial charge in [0, 0.05) is 11.9 Å². The first kappa shape index (κ1) is 8.21. The van der Waals surface area contributed by atoms with E-state index in [4.69, 9.17) is 5.73 Å². The number of nitrogens with two attached hydrogens (primary N) is 1. The second-order valence-corrected chi connectivity index (χ2v) is 1.99. The highest BCUT2D eigenvalue weighted by Crippen LogP contribution is 1.96. The minimum atomic E-state index is 0.791. The van der Waals surface area contributed by atoms with Gasteiger partial charge in [-0.3, -0.25) is 4.99 Å². The minimum Gasteiger partial charge on any atom is -0.401 e. The summed E-state index contributed by atoms with van der Waals surface area (Å²) in [5, 5.41) is 0. The van der Waals surface area contributed by atoms with Gasteiger partial charge in [0.15, 0.2) is 0 Å². The molecule has 0 rings (SSSR count). The van der Waals surface area contributed by atoms with Crippen LogP contribution in [0.15, 0.2) is 16.4 Å². The lowest BCUT2D eigenvalue weighted by Gasteiger charge is -1.92. The van der Waals surface area contributed by atoms with Gasteiger partial charge in [-0.05, 0) is 20.3 Å². The molecule has 0 aliphatic rings. The lowest BCUT2D eigenvalue weighted by Crippen LogP contribution is -1.93. The third-order valence-electron chi connectivity index (χ3n) is 1.04. The molecule has 0 bridgehead atoms. The van der Waals surface area contributed by atoms with E-state index in [-0.39, 0.29) is 0 Å². The highest BCUT2D eigenvalue weighted by molar-refractivity contribution is 5.58. The van der Waals surface area contributed by atoms with E-state index in [2.05, 4.69) is 4.99 Å². The quantitative estimate of drug-likeness (QED) is 0.561. The molecule has 2 N–H and O–H groups in total. The average Bonchev–Trinajstić information content (AvgIpc) is 1.82. The zero-order valence-corrected chi connectivity index (χ0v) is 6.31. The highest BCUT2D eigenvalue weighted by Gasteiger charge is 1.83. The van der Waals surface area contributed by atoms with Gasteiger partial charge < -0.3 is 5.73 Å². The smallest absolute Gasteiger partial charge is 0.0552 e. The lowest BCUT2D eigenvalue weighted by atomic mass is 10.4. The molecule has 2 heteroatoms. The second kappa shape index (κ2) is 4.13. The summed E-state index contributed by atoms with van der Waals surface area (Å²) >= 11 is 0. The predicted octanol–water partition coefficient (Wildman–Crippen LogP) is 1.68. The Balaban J connectivity index is 3.91. The van der Waals surface area contributed by atoms with Crippen LogP contribution in [0, 0.1) is 0 Å². The second-order valence-electron chi connectivity index (χ2n) is 1.99. The zero-order valence-electron chi connectivity index (χ0n) is 6.31. The predicted molar refractivity (Wildman–Crippen MR) is 41.3 cm³/mol. The Morgan fingerprint density at radius 2 is 2.11 bits per heavy atom. The molecule has 0 spiro atoms. The number of hydrogen-bond donors (Lipinski definition) is 1. The molecule has 0 atom stereocenters. The molecule has 0 saturated carbocycles. The van der Waals surface area contributed by atoms with E-state index < -0.39 is 0 Å². The summed E-state index contributed by atoms with van der Waals surface area (Å²) in [6.07, 6.45) is 2.82. The van der Waals surface area contributed by atoms with Gasteiger partial charge >= 0.3 is 0 Å². The van der Waals surface area contributed by atoms with E-state index in [9.17, 15) is 0 Å². The first-order chi connectivity index (χ1) is 4.18. The van der Waals surface area contributed by atoms with Crippen molar-refractivity contribution in [3.8, 4) is 0 Å². The van der Waals surface area contributed by atoms with Crippen molar-refractivity contribution in [2.24, 2.45) is 10.7 Å². The van der Waals surface area contributed by atoms with Crippen LogP contribution < -0.4 is 5.73 Å². The zero-order chi connectivity index (χ0) is 7.28. The van der Waals surface area contributed by atoms with Gasteiger partial charge in [-0.15, -0.1) is 0 Å². The number of aliphatic imine (C=N–C) groups is 1. The van der Waals surface area contributed by atoms with E-state index in [0.29, 0.717) is 0 Å². The molecule has 0 fully saturated rings. The maximum absolute atomic E-state index is 5.44. The lowest BCUT2D eigenvalue weighted by molar-refractivity contribution is 1.15. The molecule has 0 aliphatic heterocycles. The molecule has 0 aliphatic carbocycles. The Morgan fingerprint density at radius 1 is 1.56 bits per heavy atom. The number of hydrogen-bond acceptors (Lipinski definition) is 2. The number of rotatable bonds is 2. The summed E-state index contributed by atoms with van der Waals surface area (Å²) in [5.74, 6) is 0. The highest BCUT2D eigenvalue weighted by atomic mass is 14.8. The number of nitrogens with zero attached hydrogens (tertiary/aromatic N) is 1. The number of allylic oxidation sites excluding steroid dienone is 2. The molecule has 0 amide bonds. The molecule has 0 aromatic carbocycles. The Kier molecular flexibility index (Phi) is 3.76. The molecule has 0 heterocycles. The Hall–Kier alpha value is -0.790. The van der Waals surface area contributed by atoms with E-state index in [1.807, 2.05) is 27.0 Å². The van der Waals surface area contributed by atoms with Crippen LogP contribution in [0.2, 0.25) is 0 Å². The van der Waals surface area contributed by atoms with Crippen molar-refractivity contribution in [3.63, 3.8) is 0 Å². The van der Waals surface area contributed by atoms with Gasteiger partial charge in [0.1, 0.15) is 0 Å².